The summed E-state index contributed by atoms with van der Waals surface area (Å²) in [5.41, 5.74) is 3.17. The van der Waals surface area contributed by atoms with E-state index in [1.807, 2.05) is 42.6 Å². The van der Waals surface area contributed by atoms with Crippen molar-refractivity contribution in [1.29, 1.82) is 0 Å². The van der Waals surface area contributed by atoms with Gasteiger partial charge in [-0.15, -0.1) is 0 Å². The van der Waals surface area contributed by atoms with Gasteiger partial charge < -0.3 is 0 Å². The van der Waals surface area contributed by atoms with Crippen LogP contribution in [0.3, 0.4) is 0 Å². The Hall–Kier alpha value is -1.13. The first kappa shape index (κ1) is 17.7. The zero-order valence-electron chi connectivity index (χ0n) is 12.9. The minimum absolute atomic E-state index is 0.764. The van der Waals surface area contributed by atoms with E-state index in [1.165, 1.54) is 0 Å². The van der Waals surface area contributed by atoms with Crippen LogP contribution >= 0.6 is 45.2 Å². The Morgan fingerprint density at radius 1 is 0.667 bits per heavy atom. The molecule has 0 saturated heterocycles. The molecule has 0 unspecified atom stereocenters. The first-order valence-corrected chi connectivity index (χ1v) is 9.70. The molecule has 3 aromatic heterocycles. The third-order valence-electron chi connectivity index (χ3n) is 3.43. The first-order valence-electron chi connectivity index (χ1n) is 7.54. The minimum Gasteiger partial charge on any atom is -0.286 e. The van der Waals surface area contributed by atoms with Gasteiger partial charge in [-0.05, 0) is 81.6 Å². The molecule has 6 heteroatoms. The van der Waals surface area contributed by atoms with Crippen molar-refractivity contribution in [3.05, 3.63) is 85.3 Å². The highest BCUT2D eigenvalue weighted by atomic mass is 127. The van der Waals surface area contributed by atoms with Gasteiger partial charge in [0, 0.05) is 25.8 Å². The molecule has 0 radical (unpaired) electrons. The topological polar surface area (TPSA) is 41.9 Å². The van der Waals surface area contributed by atoms with E-state index in [4.69, 9.17) is 0 Å². The summed E-state index contributed by atoms with van der Waals surface area (Å²) in [5, 5.41) is 0. The number of rotatable bonds is 6. The van der Waals surface area contributed by atoms with Crippen LogP contribution in [0.2, 0.25) is 0 Å². The molecule has 122 valence electrons. The third kappa shape index (κ3) is 5.45. The normalized spacial score (nSPS) is 11.0. The zero-order valence-corrected chi connectivity index (χ0v) is 17.3. The molecule has 0 aliphatic heterocycles. The summed E-state index contributed by atoms with van der Waals surface area (Å²) in [6.07, 6.45) is 1.83. The van der Waals surface area contributed by atoms with Crippen LogP contribution in [0, 0.1) is 7.40 Å². The lowest BCUT2D eigenvalue weighted by Crippen LogP contribution is -2.24. The molecule has 0 spiro atoms. The van der Waals surface area contributed by atoms with Crippen LogP contribution in [0.4, 0.5) is 0 Å². The molecule has 0 fully saturated rings. The van der Waals surface area contributed by atoms with Gasteiger partial charge in [0.05, 0.1) is 17.1 Å². The van der Waals surface area contributed by atoms with Crippen molar-refractivity contribution in [2.24, 2.45) is 0 Å². The van der Waals surface area contributed by atoms with E-state index in [2.05, 4.69) is 83.2 Å². The molecule has 3 heterocycles. The van der Waals surface area contributed by atoms with Crippen LogP contribution in [0.25, 0.3) is 0 Å². The van der Waals surface area contributed by atoms with Gasteiger partial charge in [-0.25, -0.2) is 9.97 Å². The first-order chi connectivity index (χ1) is 11.7. The van der Waals surface area contributed by atoms with Crippen LogP contribution in [0.5, 0.6) is 0 Å². The van der Waals surface area contributed by atoms with Crippen molar-refractivity contribution in [2.45, 2.75) is 19.6 Å². The fourth-order valence-corrected chi connectivity index (χ4v) is 3.46. The van der Waals surface area contributed by atoms with Gasteiger partial charge in [0.15, 0.2) is 0 Å². The van der Waals surface area contributed by atoms with Gasteiger partial charge in [0.25, 0.3) is 0 Å². The lowest BCUT2D eigenvalue weighted by molar-refractivity contribution is 0.238. The quantitative estimate of drug-likeness (QED) is 0.345. The largest absolute Gasteiger partial charge is 0.286 e. The summed E-state index contributed by atoms with van der Waals surface area (Å²) in [6, 6.07) is 18.3. The third-order valence-corrected chi connectivity index (χ3v) is 4.63. The van der Waals surface area contributed by atoms with Crippen LogP contribution in [0.15, 0.2) is 60.8 Å². The van der Waals surface area contributed by atoms with Crippen molar-refractivity contribution >= 4 is 45.2 Å². The molecule has 0 aromatic carbocycles. The van der Waals surface area contributed by atoms with Crippen molar-refractivity contribution in [2.75, 3.05) is 0 Å². The summed E-state index contributed by atoms with van der Waals surface area (Å²) in [5.74, 6) is 0. The monoisotopic (exact) mass is 542 g/mol. The molecular weight excluding hydrogens is 526 g/mol. The van der Waals surface area contributed by atoms with E-state index in [0.717, 1.165) is 44.1 Å². The van der Waals surface area contributed by atoms with Gasteiger partial charge in [0.2, 0.25) is 0 Å². The molecule has 0 aliphatic rings. The Balaban J connectivity index is 1.80. The molecule has 24 heavy (non-hydrogen) atoms. The van der Waals surface area contributed by atoms with Gasteiger partial charge in [0.1, 0.15) is 7.40 Å². The Labute approximate surface area is 169 Å². The highest BCUT2D eigenvalue weighted by Crippen LogP contribution is 2.13. The maximum absolute atomic E-state index is 4.62. The molecule has 0 N–H and O–H groups in total. The van der Waals surface area contributed by atoms with Crippen LogP contribution in [-0.4, -0.2) is 19.9 Å². The maximum atomic E-state index is 4.62. The summed E-state index contributed by atoms with van der Waals surface area (Å²) in [7, 11) is 0. The average Bonchev–Trinajstić information content (AvgIpc) is 2.56. The van der Waals surface area contributed by atoms with Crippen molar-refractivity contribution in [3.8, 4) is 0 Å². The van der Waals surface area contributed by atoms with E-state index in [1.54, 1.807) is 0 Å². The summed E-state index contributed by atoms with van der Waals surface area (Å²) < 4.78 is 2.02. The second-order valence-corrected chi connectivity index (χ2v) is 7.58. The Morgan fingerprint density at radius 2 is 1.21 bits per heavy atom. The minimum atomic E-state index is 0.764. The zero-order chi connectivity index (χ0) is 16.8. The maximum Gasteiger partial charge on any atom is 0.101 e. The highest BCUT2D eigenvalue weighted by molar-refractivity contribution is 14.1. The Kier molecular flexibility index (Phi) is 6.50. The summed E-state index contributed by atoms with van der Waals surface area (Å²) in [4.78, 5) is 16.0. The van der Waals surface area contributed by atoms with Crippen LogP contribution in [0.1, 0.15) is 17.1 Å². The second kappa shape index (κ2) is 8.82. The van der Waals surface area contributed by atoms with Gasteiger partial charge in [-0.2, -0.15) is 0 Å². The average molecular weight is 542 g/mol. The smallest absolute Gasteiger partial charge is 0.101 e. The highest BCUT2D eigenvalue weighted by Gasteiger charge is 2.11. The fraction of sp³-hybridized carbons (Fsp3) is 0.167. The molecule has 4 nitrogen and oxygen atoms in total. The fourth-order valence-electron chi connectivity index (χ4n) is 2.42. The number of halogens is 2. The molecule has 3 rings (SSSR count). The Bertz CT molecular complexity index is 748. The number of hydrogen-bond acceptors (Lipinski definition) is 4. The molecule has 0 aliphatic carbocycles. The van der Waals surface area contributed by atoms with E-state index in [0.29, 0.717) is 0 Å². The van der Waals surface area contributed by atoms with Crippen molar-refractivity contribution in [1.82, 2.24) is 19.9 Å². The second-order valence-electron chi connectivity index (χ2n) is 5.37. The molecule has 0 bridgehead atoms. The van der Waals surface area contributed by atoms with E-state index < -0.39 is 0 Å². The standard InChI is InChI=1S/C18H16I2N4/c19-17-8-3-6-15(22-17)12-24(11-14-5-1-2-10-21-14)13-16-7-4-9-18(20)23-16/h1-10H,11-13H2. The van der Waals surface area contributed by atoms with Gasteiger partial charge in [-0.3, -0.25) is 9.88 Å². The lowest BCUT2D eigenvalue weighted by Gasteiger charge is -2.21. The van der Waals surface area contributed by atoms with Gasteiger partial charge in [-0.1, -0.05) is 18.2 Å². The predicted molar refractivity (Wildman–Crippen MR) is 111 cm³/mol. The van der Waals surface area contributed by atoms with Crippen molar-refractivity contribution < 1.29 is 0 Å². The Morgan fingerprint density at radius 3 is 1.71 bits per heavy atom. The molecule has 0 amide bonds. The lowest BCUT2D eigenvalue weighted by atomic mass is 10.2. The number of hydrogen-bond donors (Lipinski definition) is 0. The van der Waals surface area contributed by atoms with E-state index in [9.17, 15) is 0 Å². The number of aromatic nitrogens is 3. The van der Waals surface area contributed by atoms with Crippen LogP contribution < -0.4 is 0 Å². The van der Waals surface area contributed by atoms with E-state index >= 15 is 0 Å². The molecule has 0 atom stereocenters. The van der Waals surface area contributed by atoms with E-state index in [-0.39, 0.29) is 0 Å². The van der Waals surface area contributed by atoms with Crippen molar-refractivity contribution in [3.63, 3.8) is 0 Å². The molecule has 0 saturated carbocycles. The number of pyridine rings is 3. The predicted octanol–water partition coefficient (Wildman–Crippen LogP) is 4.28. The summed E-state index contributed by atoms with van der Waals surface area (Å²) >= 11 is 4.50. The SMILES string of the molecule is Ic1cccc(CN(Cc2ccccn2)Cc2cccc(I)n2)n1. The number of nitrogens with zero attached hydrogens (tertiary/aromatic N) is 4. The summed E-state index contributed by atoms with van der Waals surface area (Å²) in [6.45, 7) is 2.29. The van der Waals surface area contributed by atoms with Crippen LogP contribution in [-0.2, 0) is 19.6 Å². The van der Waals surface area contributed by atoms with Gasteiger partial charge >= 0.3 is 0 Å². The molecular formula is C18H16I2N4. The molecule has 3 aromatic rings.